The molecule has 0 aromatic heterocycles. The number of benzene rings is 3. The number of halogens is 1. The lowest BCUT2D eigenvalue weighted by atomic mass is 10.1. The van der Waals surface area contributed by atoms with Crippen molar-refractivity contribution < 1.29 is 19.1 Å². The van der Waals surface area contributed by atoms with Crippen LogP contribution in [0.4, 0.5) is 27.5 Å². The molecular formula is C30H36BrN5O4. The summed E-state index contributed by atoms with van der Waals surface area (Å²) in [5.74, 6) is 0.661. The average molecular weight is 611 g/mol. The number of carbonyl (C=O) groups excluding carboxylic acids is 2. The van der Waals surface area contributed by atoms with Crippen molar-refractivity contribution in [2.75, 3.05) is 73.5 Å². The van der Waals surface area contributed by atoms with Crippen molar-refractivity contribution in [3.8, 4) is 5.75 Å². The number of hydrogen-bond acceptors (Lipinski definition) is 6. The van der Waals surface area contributed by atoms with Crippen LogP contribution >= 0.6 is 15.9 Å². The van der Waals surface area contributed by atoms with Crippen molar-refractivity contribution in [3.05, 3.63) is 76.8 Å². The Kier molecular flexibility index (Phi) is 10.7. The Labute approximate surface area is 244 Å². The lowest BCUT2D eigenvalue weighted by Gasteiger charge is -2.38. The van der Waals surface area contributed by atoms with Crippen LogP contribution in [0.15, 0.2) is 71.2 Å². The number of piperazine rings is 1. The fourth-order valence-corrected chi connectivity index (χ4v) is 5.03. The largest absolute Gasteiger partial charge is 0.495 e. The maximum Gasteiger partial charge on any atom is 0.323 e. The molecule has 9 nitrogen and oxygen atoms in total. The summed E-state index contributed by atoms with van der Waals surface area (Å²) >= 11 is 3.41. The minimum absolute atomic E-state index is 0.185. The number of nitrogens with one attached hydrogen (secondary N) is 3. The van der Waals surface area contributed by atoms with E-state index in [1.54, 1.807) is 19.2 Å². The molecule has 10 heteroatoms. The van der Waals surface area contributed by atoms with Gasteiger partial charge in [0.05, 0.1) is 18.4 Å². The molecule has 4 rings (SSSR count). The van der Waals surface area contributed by atoms with E-state index < -0.39 is 0 Å². The summed E-state index contributed by atoms with van der Waals surface area (Å²) in [7, 11) is 1.68. The first-order chi connectivity index (χ1) is 19.5. The molecule has 1 heterocycles. The zero-order valence-corrected chi connectivity index (χ0v) is 24.5. The van der Waals surface area contributed by atoms with E-state index in [4.69, 9.17) is 9.47 Å². The number of methoxy groups -OCH3 is 1. The highest BCUT2D eigenvalue weighted by atomic mass is 79.9. The molecule has 0 saturated carbocycles. The van der Waals surface area contributed by atoms with Gasteiger partial charge in [0.2, 0.25) is 0 Å². The lowest BCUT2D eigenvalue weighted by molar-refractivity contribution is 0.0944. The molecule has 1 saturated heterocycles. The predicted molar refractivity (Wildman–Crippen MR) is 164 cm³/mol. The molecule has 3 aromatic carbocycles. The van der Waals surface area contributed by atoms with Crippen molar-refractivity contribution in [1.82, 2.24) is 5.32 Å². The Bertz CT molecular complexity index is 1300. The van der Waals surface area contributed by atoms with E-state index in [0.717, 1.165) is 54.2 Å². The third-order valence-corrected chi connectivity index (χ3v) is 7.08. The second-order valence-corrected chi connectivity index (χ2v) is 10.2. The summed E-state index contributed by atoms with van der Waals surface area (Å²) in [6.07, 6.45) is 0.722. The van der Waals surface area contributed by atoms with Gasteiger partial charge in [-0.05, 0) is 61.9 Å². The van der Waals surface area contributed by atoms with E-state index in [1.807, 2.05) is 55.5 Å². The highest BCUT2D eigenvalue weighted by Crippen LogP contribution is 2.31. The maximum absolute atomic E-state index is 13.3. The maximum atomic E-state index is 13.3. The average Bonchev–Trinajstić information content (AvgIpc) is 2.97. The number of amides is 3. The molecule has 1 fully saturated rings. The highest BCUT2D eigenvalue weighted by Gasteiger charge is 2.24. The van der Waals surface area contributed by atoms with Crippen LogP contribution in [0, 0.1) is 0 Å². The molecular weight excluding hydrogens is 574 g/mol. The van der Waals surface area contributed by atoms with Gasteiger partial charge in [-0.15, -0.1) is 0 Å². The van der Waals surface area contributed by atoms with Crippen molar-refractivity contribution in [2.45, 2.75) is 13.3 Å². The molecule has 40 heavy (non-hydrogen) atoms. The SMILES string of the molecule is CCOCCCNC(=O)c1cc(NC(=O)Nc2cccc(Br)c2)ccc1N1CCN(c2ccccc2OC)CC1. The van der Waals surface area contributed by atoms with E-state index in [0.29, 0.717) is 36.7 Å². The summed E-state index contributed by atoms with van der Waals surface area (Å²) in [6.45, 7) is 6.72. The Morgan fingerprint density at radius 2 is 1.57 bits per heavy atom. The van der Waals surface area contributed by atoms with Crippen LogP contribution in [0.25, 0.3) is 0 Å². The first-order valence-electron chi connectivity index (χ1n) is 13.4. The van der Waals surface area contributed by atoms with E-state index in [1.165, 1.54) is 0 Å². The van der Waals surface area contributed by atoms with Crippen LogP contribution in [0.5, 0.6) is 5.75 Å². The second-order valence-electron chi connectivity index (χ2n) is 9.27. The molecule has 0 unspecified atom stereocenters. The predicted octanol–water partition coefficient (Wildman–Crippen LogP) is 5.58. The van der Waals surface area contributed by atoms with Crippen molar-refractivity contribution in [1.29, 1.82) is 0 Å². The number of hydrogen-bond donors (Lipinski definition) is 3. The summed E-state index contributed by atoms with van der Waals surface area (Å²) in [5, 5.41) is 8.68. The van der Waals surface area contributed by atoms with Crippen molar-refractivity contribution in [2.24, 2.45) is 0 Å². The van der Waals surface area contributed by atoms with Crippen LogP contribution in [0.2, 0.25) is 0 Å². The zero-order valence-electron chi connectivity index (χ0n) is 22.9. The Hall–Kier alpha value is -3.76. The molecule has 3 aromatic rings. The van der Waals surface area contributed by atoms with E-state index in [2.05, 4.69) is 47.7 Å². The van der Waals surface area contributed by atoms with Gasteiger partial charge in [0.1, 0.15) is 5.75 Å². The van der Waals surface area contributed by atoms with Crippen LogP contribution < -0.4 is 30.5 Å². The smallest absolute Gasteiger partial charge is 0.323 e. The quantitative estimate of drug-likeness (QED) is 0.246. The standard InChI is InChI=1S/C30H36BrN5O4/c1-3-40-19-7-14-32-29(37)25-21-24(34-30(38)33-23-9-6-8-22(31)20-23)12-13-26(25)35-15-17-36(18-16-35)27-10-4-5-11-28(27)39-2/h4-6,8-13,20-21H,3,7,14-19H2,1-2H3,(H,32,37)(H2,33,34,38). The van der Waals surface area contributed by atoms with Gasteiger partial charge in [0, 0.05) is 67.5 Å². The molecule has 0 aliphatic carbocycles. The van der Waals surface area contributed by atoms with Crippen LogP contribution in [0.3, 0.4) is 0 Å². The van der Waals surface area contributed by atoms with Gasteiger partial charge >= 0.3 is 6.03 Å². The number of ether oxygens (including phenoxy) is 2. The third kappa shape index (κ3) is 7.89. The minimum Gasteiger partial charge on any atom is -0.495 e. The minimum atomic E-state index is -0.389. The topological polar surface area (TPSA) is 95.2 Å². The molecule has 0 spiro atoms. The van der Waals surface area contributed by atoms with Gasteiger partial charge in [-0.1, -0.05) is 34.1 Å². The molecule has 212 valence electrons. The van der Waals surface area contributed by atoms with Crippen LogP contribution in [-0.4, -0.2) is 65.0 Å². The highest BCUT2D eigenvalue weighted by molar-refractivity contribution is 9.10. The van der Waals surface area contributed by atoms with Gasteiger partial charge in [-0.25, -0.2) is 4.79 Å². The van der Waals surface area contributed by atoms with E-state index in [-0.39, 0.29) is 11.9 Å². The third-order valence-electron chi connectivity index (χ3n) is 6.58. The van der Waals surface area contributed by atoms with Crippen LogP contribution in [0.1, 0.15) is 23.7 Å². The number of rotatable bonds is 11. The number of nitrogens with zero attached hydrogens (tertiary/aromatic N) is 2. The Morgan fingerprint density at radius 1 is 0.875 bits per heavy atom. The Balaban J connectivity index is 1.48. The Morgan fingerprint density at radius 3 is 2.27 bits per heavy atom. The number of anilines is 4. The fraction of sp³-hybridized carbons (Fsp3) is 0.333. The molecule has 0 bridgehead atoms. The monoisotopic (exact) mass is 609 g/mol. The first-order valence-corrected chi connectivity index (χ1v) is 14.2. The number of para-hydroxylation sites is 2. The summed E-state index contributed by atoms with van der Waals surface area (Å²) in [6, 6.07) is 20.4. The fourth-order valence-electron chi connectivity index (χ4n) is 4.63. The molecule has 1 aliphatic rings. The van der Waals surface area contributed by atoms with Crippen molar-refractivity contribution >= 4 is 50.6 Å². The molecule has 3 N–H and O–H groups in total. The zero-order chi connectivity index (χ0) is 28.3. The molecule has 3 amide bonds. The summed E-state index contributed by atoms with van der Waals surface area (Å²) in [5.41, 5.74) is 3.60. The number of urea groups is 1. The van der Waals surface area contributed by atoms with E-state index >= 15 is 0 Å². The van der Waals surface area contributed by atoms with Crippen molar-refractivity contribution in [3.63, 3.8) is 0 Å². The summed E-state index contributed by atoms with van der Waals surface area (Å²) in [4.78, 5) is 30.5. The normalized spacial score (nSPS) is 13.1. The number of carbonyl (C=O) groups is 2. The molecule has 1 aliphatic heterocycles. The van der Waals surface area contributed by atoms with Gasteiger partial charge in [0.15, 0.2) is 0 Å². The van der Waals surface area contributed by atoms with Gasteiger partial charge in [-0.2, -0.15) is 0 Å². The van der Waals surface area contributed by atoms with Gasteiger partial charge in [0.25, 0.3) is 5.91 Å². The van der Waals surface area contributed by atoms with E-state index in [9.17, 15) is 9.59 Å². The van der Waals surface area contributed by atoms with Gasteiger partial charge in [-0.3, -0.25) is 4.79 Å². The first kappa shape index (κ1) is 29.2. The molecule has 0 radical (unpaired) electrons. The van der Waals surface area contributed by atoms with Gasteiger partial charge < -0.3 is 35.2 Å². The lowest BCUT2D eigenvalue weighted by Crippen LogP contribution is -2.47. The second kappa shape index (κ2) is 14.6. The van der Waals surface area contributed by atoms with Crippen LogP contribution in [-0.2, 0) is 4.74 Å². The summed E-state index contributed by atoms with van der Waals surface area (Å²) < 4.78 is 11.8. The molecule has 0 atom stereocenters.